The molecule has 2 aromatic rings. The molecule has 1 saturated carbocycles. The summed E-state index contributed by atoms with van der Waals surface area (Å²) in [6.45, 7) is 3.75. The van der Waals surface area contributed by atoms with E-state index in [4.69, 9.17) is 4.74 Å². The summed E-state index contributed by atoms with van der Waals surface area (Å²) in [5, 5.41) is 0. The fraction of sp³-hybridized carbons (Fsp3) is 0.500. The van der Waals surface area contributed by atoms with Crippen molar-refractivity contribution in [3.05, 3.63) is 58.2 Å². The molecule has 0 bridgehead atoms. The maximum absolute atomic E-state index is 14.3. The van der Waals surface area contributed by atoms with Crippen LogP contribution in [0.1, 0.15) is 68.0 Å². The average molecular weight is 440 g/mol. The zero-order valence-electron chi connectivity index (χ0n) is 17.8. The molecule has 0 saturated heterocycles. The number of methoxy groups -OCH3 is 1. The molecular formula is C22H24F4N2O3. The molecule has 1 aromatic carbocycles. The third-order valence-electron chi connectivity index (χ3n) is 5.16. The number of esters is 1. The van der Waals surface area contributed by atoms with Gasteiger partial charge in [0.1, 0.15) is 12.4 Å². The third kappa shape index (κ3) is 4.87. The van der Waals surface area contributed by atoms with Crippen molar-refractivity contribution in [1.82, 2.24) is 9.97 Å². The third-order valence-corrected chi connectivity index (χ3v) is 5.16. The molecule has 168 valence electrons. The minimum atomic E-state index is -1.62. The molecule has 5 nitrogen and oxygen atoms in total. The van der Waals surface area contributed by atoms with Gasteiger partial charge < -0.3 is 9.47 Å². The minimum absolute atomic E-state index is 0.339. The number of hydrogen-bond donors (Lipinski definition) is 0. The first kappa shape index (κ1) is 23.1. The number of rotatable bonds is 7. The van der Waals surface area contributed by atoms with Crippen molar-refractivity contribution in [1.29, 1.82) is 0 Å². The lowest BCUT2D eigenvalue weighted by atomic mass is 9.77. The van der Waals surface area contributed by atoms with E-state index in [2.05, 4.69) is 14.7 Å². The lowest BCUT2D eigenvalue weighted by Crippen LogP contribution is -2.29. The molecular weight excluding hydrogens is 416 g/mol. The number of carbonyl (C=O) groups is 1. The Morgan fingerprint density at radius 3 is 1.90 bits per heavy atom. The molecule has 0 amide bonds. The second kappa shape index (κ2) is 8.90. The Hall–Kier alpha value is -2.55. The van der Waals surface area contributed by atoms with Crippen LogP contribution in [0.4, 0.5) is 17.6 Å². The molecule has 1 aliphatic rings. The Bertz CT molecular complexity index is 941. The van der Waals surface area contributed by atoms with Gasteiger partial charge in [0.25, 0.3) is 0 Å². The van der Waals surface area contributed by atoms with Gasteiger partial charge in [-0.15, -0.1) is 0 Å². The topological polar surface area (TPSA) is 61.3 Å². The smallest absolute Gasteiger partial charge is 0.314 e. The molecule has 1 heterocycles. The molecule has 1 unspecified atom stereocenters. The molecule has 31 heavy (non-hydrogen) atoms. The standard InChI is InChI=1S/C22H24F4N2O3/c1-22(2,3)15(12-7-27-20(28-8-12)11-5-6-11)21(29)31-10-14-18(25)16(23)13(9-30-4)17(24)19(14)26/h7-8,11,15H,5-6,9-10H2,1-4H3. The first-order chi connectivity index (χ1) is 14.6. The van der Waals surface area contributed by atoms with Crippen LogP contribution >= 0.6 is 0 Å². The highest BCUT2D eigenvalue weighted by atomic mass is 19.2. The number of nitrogens with zero attached hydrogens (tertiary/aromatic N) is 2. The van der Waals surface area contributed by atoms with Gasteiger partial charge in [0.2, 0.25) is 0 Å². The van der Waals surface area contributed by atoms with Gasteiger partial charge >= 0.3 is 5.97 Å². The highest BCUT2D eigenvalue weighted by Gasteiger charge is 2.36. The Morgan fingerprint density at radius 2 is 1.48 bits per heavy atom. The summed E-state index contributed by atoms with van der Waals surface area (Å²) in [5.74, 6) is -7.02. The van der Waals surface area contributed by atoms with E-state index in [1.54, 1.807) is 20.8 Å². The van der Waals surface area contributed by atoms with E-state index in [0.717, 1.165) is 20.0 Å². The SMILES string of the molecule is COCc1c(F)c(F)c(COC(=O)C(c2cnc(C3CC3)nc2)C(C)(C)C)c(F)c1F. The molecule has 1 atom stereocenters. The number of halogens is 4. The summed E-state index contributed by atoms with van der Waals surface area (Å²) >= 11 is 0. The van der Waals surface area contributed by atoms with Gasteiger partial charge in [0.15, 0.2) is 23.3 Å². The molecule has 1 aliphatic carbocycles. The van der Waals surface area contributed by atoms with Crippen molar-refractivity contribution >= 4 is 5.97 Å². The van der Waals surface area contributed by atoms with Gasteiger partial charge in [0, 0.05) is 31.0 Å². The predicted molar refractivity (Wildman–Crippen MR) is 103 cm³/mol. The molecule has 0 aliphatic heterocycles. The molecule has 0 radical (unpaired) electrons. The maximum Gasteiger partial charge on any atom is 0.314 e. The van der Waals surface area contributed by atoms with Crippen LogP contribution in [0.2, 0.25) is 0 Å². The van der Waals surface area contributed by atoms with Gasteiger partial charge in [0.05, 0.1) is 23.7 Å². The number of aromatic nitrogens is 2. The van der Waals surface area contributed by atoms with E-state index in [1.165, 1.54) is 12.4 Å². The van der Waals surface area contributed by atoms with E-state index < -0.39 is 64.9 Å². The summed E-state index contributed by atoms with van der Waals surface area (Å²) in [4.78, 5) is 21.4. The molecule has 1 aromatic heterocycles. The minimum Gasteiger partial charge on any atom is -0.460 e. The lowest BCUT2D eigenvalue weighted by Gasteiger charge is -2.29. The van der Waals surface area contributed by atoms with Gasteiger partial charge in [-0.1, -0.05) is 20.8 Å². The van der Waals surface area contributed by atoms with E-state index >= 15 is 0 Å². The Balaban J connectivity index is 1.83. The quantitative estimate of drug-likeness (QED) is 0.347. The zero-order valence-corrected chi connectivity index (χ0v) is 17.8. The molecule has 1 fully saturated rings. The fourth-order valence-corrected chi connectivity index (χ4v) is 3.39. The molecule has 9 heteroatoms. The summed E-state index contributed by atoms with van der Waals surface area (Å²) in [5.41, 5.74) is -2.03. The van der Waals surface area contributed by atoms with E-state index in [-0.39, 0.29) is 0 Å². The van der Waals surface area contributed by atoms with Crippen LogP contribution in [0, 0.1) is 28.7 Å². The summed E-state index contributed by atoms with van der Waals surface area (Å²) in [6.07, 6.45) is 5.13. The van der Waals surface area contributed by atoms with Crippen molar-refractivity contribution in [2.24, 2.45) is 5.41 Å². The predicted octanol–water partition coefficient (Wildman–Crippen LogP) is 4.93. The number of carbonyl (C=O) groups excluding carboxylic acids is 1. The van der Waals surface area contributed by atoms with Gasteiger partial charge in [-0.3, -0.25) is 4.79 Å². The van der Waals surface area contributed by atoms with Crippen LogP contribution < -0.4 is 0 Å². The van der Waals surface area contributed by atoms with Crippen molar-refractivity contribution in [2.45, 2.75) is 58.7 Å². The average Bonchev–Trinajstić information content (AvgIpc) is 3.55. The monoisotopic (exact) mass is 440 g/mol. The Labute approximate surface area is 177 Å². The normalized spacial score (nSPS) is 15.1. The van der Waals surface area contributed by atoms with Crippen LogP contribution in [0.15, 0.2) is 12.4 Å². The summed E-state index contributed by atoms with van der Waals surface area (Å²) in [7, 11) is 1.14. The second-order valence-corrected chi connectivity index (χ2v) is 8.70. The van der Waals surface area contributed by atoms with Crippen molar-refractivity contribution < 1.29 is 31.8 Å². The first-order valence-corrected chi connectivity index (χ1v) is 9.87. The Morgan fingerprint density at radius 1 is 1.00 bits per heavy atom. The van der Waals surface area contributed by atoms with Crippen LogP contribution in [-0.4, -0.2) is 23.0 Å². The highest BCUT2D eigenvalue weighted by molar-refractivity contribution is 5.79. The molecule has 0 spiro atoms. The first-order valence-electron chi connectivity index (χ1n) is 9.87. The van der Waals surface area contributed by atoms with Gasteiger partial charge in [-0.25, -0.2) is 27.5 Å². The van der Waals surface area contributed by atoms with Crippen LogP contribution in [0.3, 0.4) is 0 Å². The zero-order chi connectivity index (χ0) is 22.9. The number of benzene rings is 1. The van der Waals surface area contributed by atoms with Crippen LogP contribution in [0.25, 0.3) is 0 Å². The van der Waals surface area contributed by atoms with Gasteiger partial charge in [-0.05, 0) is 18.3 Å². The largest absolute Gasteiger partial charge is 0.460 e. The maximum atomic E-state index is 14.3. The van der Waals surface area contributed by atoms with Crippen molar-refractivity contribution in [2.75, 3.05) is 7.11 Å². The lowest BCUT2D eigenvalue weighted by molar-refractivity contribution is -0.149. The van der Waals surface area contributed by atoms with Crippen LogP contribution in [0.5, 0.6) is 0 Å². The fourth-order valence-electron chi connectivity index (χ4n) is 3.39. The van der Waals surface area contributed by atoms with Crippen molar-refractivity contribution in [3.8, 4) is 0 Å². The highest BCUT2D eigenvalue weighted by Crippen LogP contribution is 2.39. The second-order valence-electron chi connectivity index (χ2n) is 8.70. The summed E-state index contributed by atoms with van der Waals surface area (Å²) in [6, 6.07) is 0. The van der Waals surface area contributed by atoms with Gasteiger partial charge in [-0.2, -0.15) is 0 Å². The van der Waals surface area contributed by atoms with E-state index in [1.807, 2.05) is 0 Å². The Kier molecular flexibility index (Phi) is 6.64. The van der Waals surface area contributed by atoms with Crippen LogP contribution in [-0.2, 0) is 27.5 Å². The molecule has 3 rings (SSSR count). The molecule has 0 N–H and O–H groups in total. The van der Waals surface area contributed by atoms with Crippen molar-refractivity contribution in [3.63, 3.8) is 0 Å². The summed E-state index contributed by atoms with van der Waals surface area (Å²) < 4.78 is 66.5. The van der Waals surface area contributed by atoms with E-state index in [9.17, 15) is 22.4 Å². The number of ether oxygens (including phenoxy) is 2. The van der Waals surface area contributed by atoms with E-state index in [0.29, 0.717) is 17.3 Å². The number of hydrogen-bond acceptors (Lipinski definition) is 5.